The van der Waals surface area contributed by atoms with E-state index >= 15 is 0 Å². The van der Waals surface area contributed by atoms with E-state index in [0.717, 1.165) is 18.7 Å². The number of rotatable bonds is 8. The maximum Gasteiger partial charge on any atom is 0.251 e. The maximum atomic E-state index is 12.7. The summed E-state index contributed by atoms with van der Waals surface area (Å²) in [6.07, 6.45) is 0. The number of benzene rings is 2. The molecule has 1 aliphatic rings. The lowest BCUT2D eigenvalue weighted by Gasteiger charge is -2.31. The highest BCUT2D eigenvalue weighted by Crippen LogP contribution is 2.29. The van der Waals surface area contributed by atoms with Gasteiger partial charge in [0.15, 0.2) is 0 Å². The average molecular weight is 462 g/mol. The molecule has 0 bridgehead atoms. The molecule has 2 aromatic carbocycles. The molecule has 0 radical (unpaired) electrons. The van der Waals surface area contributed by atoms with Crippen molar-refractivity contribution < 1.29 is 22.7 Å². The number of carbonyl (C=O) groups excluding carboxylic acids is 1. The van der Waals surface area contributed by atoms with Crippen LogP contribution >= 0.6 is 0 Å². The molecular formula is C23H31N3O5S. The number of carbonyl (C=O) groups is 1. The molecule has 2 aromatic rings. The van der Waals surface area contributed by atoms with Crippen LogP contribution in [-0.2, 0) is 15.8 Å². The molecule has 3 rings (SSSR count). The quantitative estimate of drug-likeness (QED) is 0.649. The predicted molar refractivity (Wildman–Crippen MR) is 124 cm³/mol. The van der Waals surface area contributed by atoms with Gasteiger partial charge in [-0.05, 0) is 49.9 Å². The van der Waals surface area contributed by atoms with E-state index in [-0.39, 0.29) is 17.7 Å². The van der Waals surface area contributed by atoms with Crippen LogP contribution in [0.1, 0.15) is 34.5 Å². The fraction of sp³-hybridized carbons (Fsp3) is 0.435. The first-order chi connectivity index (χ1) is 15.2. The molecule has 1 unspecified atom stereocenters. The Balaban J connectivity index is 1.65. The summed E-state index contributed by atoms with van der Waals surface area (Å²) in [7, 11) is 1.76. The Morgan fingerprint density at radius 2 is 1.69 bits per heavy atom. The molecule has 0 saturated carbocycles. The first kappa shape index (κ1) is 24.0. The smallest absolute Gasteiger partial charge is 0.251 e. The molecule has 1 amide bonds. The number of nitrogens with one attached hydrogen (secondary N) is 1. The number of hydrogen-bond acceptors (Lipinski definition) is 6. The van der Waals surface area contributed by atoms with Crippen LogP contribution in [0.5, 0.6) is 11.5 Å². The first-order valence-corrected chi connectivity index (χ1v) is 12.1. The first-order valence-electron chi connectivity index (χ1n) is 10.5. The van der Waals surface area contributed by atoms with Crippen molar-refractivity contribution in [2.24, 2.45) is 0 Å². The number of sulfonamides is 1. The van der Waals surface area contributed by atoms with E-state index in [4.69, 9.17) is 9.47 Å². The fourth-order valence-corrected chi connectivity index (χ4v) is 5.17. The number of likely N-dealkylation sites (N-methyl/N-ethyl adjacent to an activating group) is 1. The number of ether oxygens (including phenoxy) is 2. The molecule has 174 valence electrons. The van der Waals surface area contributed by atoms with Crippen LogP contribution in [0.2, 0.25) is 0 Å². The van der Waals surface area contributed by atoms with Gasteiger partial charge in [0.05, 0.1) is 26.0 Å². The second kappa shape index (κ2) is 10.3. The van der Waals surface area contributed by atoms with Crippen molar-refractivity contribution in [1.29, 1.82) is 0 Å². The van der Waals surface area contributed by atoms with Crippen LogP contribution in [0.25, 0.3) is 0 Å². The molecule has 9 heteroatoms. The summed E-state index contributed by atoms with van der Waals surface area (Å²) in [6.45, 7) is 4.34. The Bertz CT molecular complexity index is 1030. The molecule has 0 spiro atoms. The average Bonchev–Trinajstić information content (AvgIpc) is 2.79. The van der Waals surface area contributed by atoms with Gasteiger partial charge in [-0.3, -0.25) is 4.79 Å². The van der Waals surface area contributed by atoms with E-state index in [1.807, 2.05) is 20.0 Å². The summed E-state index contributed by atoms with van der Waals surface area (Å²) in [5.41, 5.74) is 1.91. The zero-order valence-electron chi connectivity index (χ0n) is 19.0. The molecular weight excluding hydrogens is 430 g/mol. The summed E-state index contributed by atoms with van der Waals surface area (Å²) in [5.74, 6) is 1.00. The van der Waals surface area contributed by atoms with E-state index in [1.54, 1.807) is 50.6 Å². The van der Waals surface area contributed by atoms with Crippen molar-refractivity contribution in [2.75, 3.05) is 47.4 Å². The van der Waals surface area contributed by atoms with Gasteiger partial charge in [0, 0.05) is 37.3 Å². The van der Waals surface area contributed by atoms with Crippen LogP contribution in [-0.4, -0.2) is 71.0 Å². The number of methoxy groups -OCH3 is 2. The third kappa shape index (κ3) is 5.79. The Hall–Kier alpha value is -2.62. The lowest BCUT2D eigenvalue weighted by Crippen LogP contribution is -2.47. The normalized spacial score (nSPS) is 16.4. The van der Waals surface area contributed by atoms with Gasteiger partial charge >= 0.3 is 0 Å². The van der Waals surface area contributed by atoms with Crippen molar-refractivity contribution in [1.82, 2.24) is 14.5 Å². The van der Waals surface area contributed by atoms with E-state index in [9.17, 15) is 13.2 Å². The predicted octanol–water partition coefficient (Wildman–Crippen LogP) is 2.27. The van der Waals surface area contributed by atoms with Gasteiger partial charge in [0.1, 0.15) is 11.5 Å². The fourth-order valence-electron chi connectivity index (χ4n) is 3.66. The molecule has 1 fully saturated rings. The van der Waals surface area contributed by atoms with Crippen molar-refractivity contribution >= 4 is 15.9 Å². The topological polar surface area (TPSA) is 88.2 Å². The van der Waals surface area contributed by atoms with E-state index in [0.29, 0.717) is 35.7 Å². The van der Waals surface area contributed by atoms with Gasteiger partial charge in [-0.25, -0.2) is 8.42 Å². The molecule has 1 saturated heterocycles. The van der Waals surface area contributed by atoms with E-state index in [1.165, 1.54) is 4.31 Å². The minimum absolute atomic E-state index is 0.0734. The van der Waals surface area contributed by atoms with Crippen molar-refractivity contribution in [2.45, 2.75) is 18.7 Å². The molecule has 0 aromatic heterocycles. The molecule has 1 atom stereocenters. The van der Waals surface area contributed by atoms with Crippen LogP contribution in [0.3, 0.4) is 0 Å². The lowest BCUT2D eigenvalue weighted by atomic mass is 10.1. The lowest BCUT2D eigenvalue weighted by molar-refractivity contribution is 0.0939. The van der Waals surface area contributed by atoms with Crippen LogP contribution in [0, 0.1) is 0 Å². The summed E-state index contributed by atoms with van der Waals surface area (Å²) < 4.78 is 37.6. The minimum atomic E-state index is -3.38. The molecule has 1 N–H and O–H groups in total. The Morgan fingerprint density at radius 3 is 2.28 bits per heavy atom. The molecule has 1 heterocycles. The van der Waals surface area contributed by atoms with Crippen molar-refractivity contribution in [3.8, 4) is 11.5 Å². The standard InChI is InChI=1S/C23H31N3O5S/c1-17(21-15-20(30-3)9-10-22(21)31-4)24-23(27)19-7-5-18(6-8-19)16-32(28,29)26-13-11-25(2)12-14-26/h5-10,15,17H,11-14,16H2,1-4H3,(H,24,27). The summed E-state index contributed by atoms with van der Waals surface area (Å²) in [6, 6.07) is 11.8. The highest BCUT2D eigenvalue weighted by molar-refractivity contribution is 7.88. The summed E-state index contributed by atoms with van der Waals surface area (Å²) >= 11 is 0. The molecule has 0 aliphatic carbocycles. The Kier molecular flexibility index (Phi) is 7.76. The highest BCUT2D eigenvalue weighted by atomic mass is 32.2. The van der Waals surface area contributed by atoms with Crippen molar-refractivity contribution in [3.05, 3.63) is 59.2 Å². The monoisotopic (exact) mass is 461 g/mol. The van der Waals surface area contributed by atoms with Gasteiger partial charge in [0.2, 0.25) is 10.0 Å². The van der Waals surface area contributed by atoms with Crippen molar-refractivity contribution in [3.63, 3.8) is 0 Å². The third-order valence-corrected chi connectivity index (χ3v) is 7.52. The zero-order valence-corrected chi connectivity index (χ0v) is 19.8. The van der Waals surface area contributed by atoms with Gasteiger partial charge < -0.3 is 19.7 Å². The molecule has 32 heavy (non-hydrogen) atoms. The zero-order chi connectivity index (χ0) is 23.3. The largest absolute Gasteiger partial charge is 0.497 e. The van der Waals surface area contributed by atoms with Crippen LogP contribution in [0.15, 0.2) is 42.5 Å². The highest BCUT2D eigenvalue weighted by Gasteiger charge is 2.26. The third-order valence-electron chi connectivity index (χ3n) is 5.67. The Morgan fingerprint density at radius 1 is 1.03 bits per heavy atom. The van der Waals surface area contributed by atoms with E-state index < -0.39 is 10.0 Å². The number of piperazine rings is 1. The van der Waals surface area contributed by atoms with Crippen LogP contribution in [0.4, 0.5) is 0 Å². The number of amides is 1. The van der Waals surface area contributed by atoms with E-state index in [2.05, 4.69) is 10.2 Å². The SMILES string of the molecule is COc1ccc(OC)c(C(C)NC(=O)c2ccc(CS(=O)(=O)N3CCN(C)CC3)cc2)c1. The molecule has 8 nitrogen and oxygen atoms in total. The van der Waals surface area contributed by atoms with Gasteiger partial charge in [-0.2, -0.15) is 4.31 Å². The van der Waals surface area contributed by atoms with Gasteiger partial charge in [-0.1, -0.05) is 12.1 Å². The number of hydrogen-bond donors (Lipinski definition) is 1. The number of nitrogens with zero attached hydrogens (tertiary/aromatic N) is 2. The summed E-state index contributed by atoms with van der Waals surface area (Å²) in [4.78, 5) is 14.9. The maximum absolute atomic E-state index is 12.7. The molecule has 1 aliphatic heterocycles. The minimum Gasteiger partial charge on any atom is -0.497 e. The second-order valence-corrected chi connectivity index (χ2v) is 9.93. The van der Waals surface area contributed by atoms with Crippen LogP contribution < -0.4 is 14.8 Å². The van der Waals surface area contributed by atoms with Gasteiger partial charge in [0.25, 0.3) is 5.91 Å². The Labute approximate surface area is 190 Å². The van der Waals surface area contributed by atoms with Gasteiger partial charge in [-0.15, -0.1) is 0 Å². The summed E-state index contributed by atoms with van der Waals surface area (Å²) in [5, 5.41) is 2.96. The second-order valence-electron chi connectivity index (χ2n) is 7.96.